The fourth-order valence-corrected chi connectivity index (χ4v) is 5.24. The Morgan fingerprint density at radius 3 is 2.55 bits per heavy atom. The van der Waals surface area contributed by atoms with Crippen molar-refractivity contribution < 1.29 is 19.1 Å². The third-order valence-corrected chi connectivity index (χ3v) is 7.15. The van der Waals surface area contributed by atoms with Crippen molar-refractivity contribution in [3.8, 4) is 0 Å². The van der Waals surface area contributed by atoms with Gasteiger partial charge >= 0.3 is 7.60 Å². The van der Waals surface area contributed by atoms with Crippen molar-refractivity contribution in [2.24, 2.45) is 11.7 Å². The number of hydrogen-bond donors (Lipinski definition) is 3. The average Bonchev–Trinajstić information content (AvgIpc) is 3.08. The highest BCUT2D eigenvalue weighted by Gasteiger charge is 2.24. The molecule has 0 spiro atoms. The van der Waals surface area contributed by atoms with Gasteiger partial charge in [-0.15, -0.1) is 0 Å². The third-order valence-electron chi connectivity index (χ3n) is 6.34. The first-order valence-electron chi connectivity index (χ1n) is 11.2. The molecule has 166 valence electrons. The molecular weight excluding hydrogens is 387 g/mol. The first kappa shape index (κ1) is 24.3. The van der Waals surface area contributed by atoms with Gasteiger partial charge in [-0.25, -0.2) is 0 Å². The van der Waals surface area contributed by atoms with Gasteiger partial charge in [0, 0.05) is 24.2 Å². The molecule has 0 amide bonds. The maximum Gasteiger partial charge on any atom is 0.325 e. The van der Waals surface area contributed by atoms with Crippen LogP contribution in [0.25, 0.3) is 0 Å². The monoisotopic (exact) mass is 426 g/mol. The van der Waals surface area contributed by atoms with Gasteiger partial charge in [-0.3, -0.25) is 9.36 Å². The first-order chi connectivity index (χ1) is 13.6. The fourth-order valence-electron chi connectivity index (χ4n) is 4.44. The second kappa shape index (κ2) is 10.9. The molecule has 1 fully saturated rings. The van der Waals surface area contributed by atoms with E-state index >= 15 is 0 Å². The maximum atomic E-state index is 12.8. The van der Waals surface area contributed by atoms with Gasteiger partial charge in [0.1, 0.15) is 0 Å². The van der Waals surface area contributed by atoms with E-state index in [0.717, 1.165) is 36.7 Å². The van der Waals surface area contributed by atoms with Gasteiger partial charge in [0.15, 0.2) is 5.78 Å². The molecule has 0 bridgehead atoms. The van der Waals surface area contributed by atoms with Crippen molar-refractivity contribution in [3.05, 3.63) is 23.5 Å². The summed E-state index contributed by atoms with van der Waals surface area (Å²) in [5, 5.41) is 0. The van der Waals surface area contributed by atoms with Crippen LogP contribution in [-0.2, 0) is 17.5 Å². The molecule has 1 aliphatic carbocycles. The molecule has 0 radical (unpaired) electrons. The average molecular weight is 427 g/mol. The van der Waals surface area contributed by atoms with Gasteiger partial charge in [-0.1, -0.05) is 38.5 Å². The molecule has 4 N–H and O–H groups in total. The number of carbonyl (C=O) groups excluding carboxylic acids is 1. The Balaban J connectivity index is 1.88. The molecular formula is C22H39N2O4P. The van der Waals surface area contributed by atoms with Crippen LogP contribution in [0.3, 0.4) is 0 Å². The van der Waals surface area contributed by atoms with E-state index in [-0.39, 0.29) is 18.4 Å². The number of ketones is 1. The molecule has 2 rings (SSSR count). The number of hydrogen-bond acceptors (Lipinski definition) is 3. The van der Waals surface area contributed by atoms with Crippen LogP contribution in [0.2, 0.25) is 0 Å². The highest BCUT2D eigenvalue weighted by molar-refractivity contribution is 7.51. The van der Waals surface area contributed by atoms with Gasteiger partial charge in [0.05, 0.1) is 11.9 Å². The van der Waals surface area contributed by atoms with Gasteiger partial charge in [-0.2, -0.15) is 0 Å². The summed E-state index contributed by atoms with van der Waals surface area (Å²) in [5.74, 6) is 1.02. The molecule has 7 heteroatoms. The van der Waals surface area contributed by atoms with E-state index in [2.05, 4.69) is 4.57 Å². The van der Waals surface area contributed by atoms with Crippen LogP contribution in [0.15, 0.2) is 12.1 Å². The lowest BCUT2D eigenvalue weighted by Crippen LogP contribution is -2.37. The number of aromatic nitrogens is 1. The lowest BCUT2D eigenvalue weighted by atomic mass is 9.85. The van der Waals surface area contributed by atoms with E-state index < -0.39 is 13.1 Å². The molecule has 0 aliphatic heterocycles. The van der Waals surface area contributed by atoms with Crippen molar-refractivity contribution in [1.82, 2.24) is 4.57 Å². The molecule has 0 saturated heterocycles. The molecule has 1 aromatic rings. The predicted octanol–water partition coefficient (Wildman–Crippen LogP) is 4.66. The lowest BCUT2D eigenvalue weighted by Gasteiger charge is -2.25. The number of nitrogens with two attached hydrogens (primary N) is 1. The largest absolute Gasteiger partial charge is 0.343 e. The first-order valence-corrected chi connectivity index (χ1v) is 13.0. The number of carbonyl (C=O) groups is 1. The zero-order chi connectivity index (χ0) is 21.5. The summed E-state index contributed by atoms with van der Waals surface area (Å²) in [5.41, 5.74) is 7.45. The van der Waals surface area contributed by atoms with Crippen LogP contribution >= 0.6 is 7.60 Å². The summed E-state index contributed by atoms with van der Waals surface area (Å²) in [7, 11) is -4.03. The minimum absolute atomic E-state index is 0.195. The number of nitrogens with zero attached hydrogens (tertiary/aromatic N) is 1. The maximum absolute atomic E-state index is 12.8. The second-order valence-corrected chi connectivity index (χ2v) is 10.8. The van der Waals surface area contributed by atoms with Gasteiger partial charge < -0.3 is 20.1 Å². The van der Waals surface area contributed by atoms with E-state index in [9.17, 15) is 9.36 Å². The number of Topliss-reactive ketones (excluding diaryl/α,β-unsaturated/α-hetero) is 1. The van der Waals surface area contributed by atoms with Crippen LogP contribution < -0.4 is 5.73 Å². The highest BCUT2D eigenvalue weighted by Crippen LogP contribution is 2.37. The molecule has 1 aliphatic rings. The van der Waals surface area contributed by atoms with Crippen molar-refractivity contribution >= 4 is 13.4 Å². The zero-order valence-electron chi connectivity index (χ0n) is 18.1. The summed E-state index contributed by atoms with van der Waals surface area (Å²) < 4.78 is 13.2. The molecule has 1 heterocycles. The molecule has 1 saturated carbocycles. The van der Waals surface area contributed by atoms with Crippen molar-refractivity contribution in [3.63, 3.8) is 0 Å². The lowest BCUT2D eigenvalue weighted by molar-refractivity contribution is 0.0967. The van der Waals surface area contributed by atoms with Crippen molar-refractivity contribution in [2.45, 2.75) is 96.6 Å². The van der Waals surface area contributed by atoms with Gasteiger partial charge in [0.2, 0.25) is 0 Å². The van der Waals surface area contributed by atoms with E-state index in [0.29, 0.717) is 19.3 Å². The van der Waals surface area contributed by atoms with Gasteiger partial charge in [0.25, 0.3) is 0 Å². The third kappa shape index (κ3) is 8.37. The quantitative estimate of drug-likeness (QED) is 0.333. The van der Waals surface area contributed by atoms with Crippen molar-refractivity contribution in [2.75, 3.05) is 6.16 Å². The zero-order valence-corrected chi connectivity index (χ0v) is 19.0. The summed E-state index contributed by atoms with van der Waals surface area (Å²) >= 11 is 0. The summed E-state index contributed by atoms with van der Waals surface area (Å²) in [6.45, 7) is 4.60. The van der Waals surface area contributed by atoms with Crippen LogP contribution in [0.1, 0.15) is 94.2 Å². The van der Waals surface area contributed by atoms with E-state index in [1.54, 1.807) is 0 Å². The molecule has 1 atom stereocenters. The Kier molecular flexibility index (Phi) is 9.15. The van der Waals surface area contributed by atoms with E-state index in [1.807, 2.05) is 26.0 Å². The Morgan fingerprint density at radius 1 is 1.24 bits per heavy atom. The van der Waals surface area contributed by atoms with E-state index in [4.69, 9.17) is 15.5 Å². The van der Waals surface area contributed by atoms with Crippen LogP contribution in [0.4, 0.5) is 0 Å². The summed E-state index contributed by atoms with van der Waals surface area (Å²) in [4.78, 5) is 30.9. The normalized spacial score (nSPS) is 18.0. The molecule has 29 heavy (non-hydrogen) atoms. The Labute approximate surface area is 175 Å². The van der Waals surface area contributed by atoms with E-state index in [1.165, 1.54) is 32.1 Å². The molecule has 1 unspecified atom stereocenters. The Morgan fingerprint density at radius 2 is 1.93 bits per heavy atom. The fraction of sp³-hybridized carbons (Fsp3) is 0.773. The van der Waals surface area contributed by atoms with Crippen molar-refractivity contribution in [1.29, 1.82) is 0 Å². The van der Waals surface area contributed by atoms with Gasteiger partial charge in [-0.05, 0) is 57.6 Å². The smallest absolute Gasteiger partial charge is 0.325 e. The number of rotatable bonds is 12. The molecule has 0 aromatic carbocycles. The Hall–Kier alpha value is -0.940. The summed E-state index contributed by atoms with van der Waals surface area (Å²) in [6, 6.07) is 3.92. The van der Waals surface area contributed by atoms with Crippen LogP contribution in [-0.4, -0.2) is 31.8 Å². The van der Waals surface area contributed by atoms with Crippen LogP contribution in [0.5, 0.6) is 0 Å². The molecule has 1 aromatic heterocycles. The Bertz CT molecular complexity index is 702. The molecule has 6 nitrogen and oxygen atoms in total. The number of aryl methyl sites for hydroxylation is 1. The second-order valence-electron chi connectivity index (χ2n) is 9.07. The standard InChI is InChI=1S/C22H39N2O4P/c1-3-24-19(14-15-22(2,23)16-17-29(26,27)28)12-13-20(24)21(25)11-7-10-18-8-5-4-6-9-18/h12-13,18H,3-11,14-17,23H2,1-2H3,(H2,26,27,28). The van der Waals surface area contributed by atoms with Crippen LogP contribution in [0, 0.1) is 5.92 Å². The predicted molar refractivity (Wildman–Crippen MR) is 117 cm³/mol. The topological polar surface area (TPSA) is 106 Å². The SMILES string of the molecule is CCn1c(CCC(C)(N)CCP(=O)(O)O)ccc1C(=O)CCCC1CCCCC1. The summed E-state index contributed by atoms with van der Waals surface area (Å²) in [6.07, 6.45) is 10.8. The minimum atomic E-state index is -4.03. The highest BCUT2D eigenvalue weighted by atomic mass is 31.2. The minimum Gasteiger partial charge on any atom is -0.343 e.